The zero-order chi connectivity index (χ0) is 11.6. The molecule has 0 N–H and O–H groups in total. The van der Waals surface area contributed by atoms with Crippen molar-refractivity contribution in [3.63, 3.8) is 0 Å². The highest BCUT2D eigenvalue weighted by Crippen LogP contribution is 2.84. The van der Waals surface area contributed by atoms with Crippen LogP contribution in [-0.2, 0) is 4.79 Å². The fourth-order valence-corrected chi connectivity index (χ4v) is 9.58. The first-order chi connectivity index (χ1) is 8.88. The van der Waals surface area contributed by atoms with Gasteiger partial charge in [-0.3, -0.25) is 4.79 Å². The second kappa shape index (κ2) is 2.90. The van der Waals surface area contributed by atoms with Crippen molar-refractivity contribution >= 4 is 29.3 Å². The van der Waals surface area contributed by atoms with Gasteiger partial charge in [-0.1, -0.05) is 0 Å². The van der Waals surface area contributed by atoms with Crippen molar-refractivity contribution in [2.45, 2.75) is 12.8 Å². The van der Waals surface area contributed by atoms with Gasteiger partial charge in [0.2, 0.25) is 0 Å². The molecular weight excluding hydrogens is 260 g/mol. The number of rotatable bonds is 0. The highest BCUT2D eigenvalue weighted by molar-refractivity contribution is 8.22. The van der Waals surface area contributed by atoms with Crippen LogP contribution in [0.3, 0.4) is 0 Å². The third-order valence-corrected chi connectivity index (χ3v) is 9.56. The minimum absolute atomic E-state index is 0.491. The molecule has 94 valence electrons. The van der Waals surface area contributed by atoms with Gasteiger partial charge < -0.3 is 0 Å². The van der Waals surface area contributed by atoms with E-state index >= 15 is 0 Å². The van der Waals surface area contributed by atoms with E-state index in [2.05, 4.69) is 23.5 Å². The molecule has 5 aliphatic carbocycles. The van der Waals surface area contributed by atoms with Gasteiger partial charge >= 0.3 is 0 Å². The molecule has 0 aromatic rings. The first-order valence-electron chi connectivity index (χ1n) is 7.41. The number of Topliss-reactive ketones (excluding diaryl/α,β-unsaturated/α-hetero) is 1. The van der Waals surface area contributed by atoms with Gasteiger partial charge in [0.15, 0.2) is 0 Å². The molecule has 3 heteroatoms. The fourth-order valence-electron chi connectivity index (χ4n) is 6.74. The molecule has 0 spiro atoms. The Morgan fingerprint density at radius 3 is 2.44 bits per heavy atom. The third kappa shape index (κ3) is 0.793. The molecule has 1 saturated heterocycles. The summed E-state index contributed by atoms with van der Waals surface area (Å²) in [5, 5.41) is 0. The van der Waals surface area contributed by atoms with Crippen molar-refractivity contribution in [3.05, 3.63) is 9.81 Å². The average Bonchev–Trinajstić information content (AvgIpc) is 2.89. The summed E-state index contributed by atoms with van der Waals surface area (Å²) < 4.78 is 1.67. The van der Waals surface area contributed by atoms with Crippen molar-refractivity contribution in [2.24, 2.45) is 47.3 Å². The van der Waals surface area contributed by atoms with Crippen LogP contribution in [0.25, 0.3) is 0 Å². The Balaban J connectivity index is 1.57. The lowest BCUT2D eigenvalue weighted by Crippen LogP contribution is -2.45. The Labute approximate surface area is 116 Å². The van der Waals surface area contributed by atoms with Crippen LogP contribution in [0.4, 0.5) is 0 Å². The third-order valence-electron chi connectivity index (χ3n) is 6.87. The number of thioether (sulfide) groups is 2. The van der Waals surface area contributed by atoms with Crippen LogP contribution in [0.15, 0.2) is 9.81 Å². The molecule has 2 bridgehead atoms. The number of ketones is 1. The van der Waals surface area contributed by atoms with E-state index in [4.69, 9.17) is 0 Å². The van der Waals surface area contributed by atoms with E-state index in [0.29, 0.717) is 17.6 Å². The normalized spacial score (nSPS) is 62.1. The summed E-state index contributed by atoms with van der Waals surface area (Å²) in [5.74, 6) is 9.35. The summed E-state index contributed by atoms with van der Waals surface area (Å²) in [6.45, 7) is 0. The molecular formula is C15H16OS2. The fraction of sp³-hybridized carbons (Fsp3) is 0.800. The molecule has 6 fully saturated rings. The van der Waals surface area contributed by atoms with Crippen LogP contribution < -0.4 is 0 Å². The van der Waals surface area contributed by atoms with Crippen molar-refractivity contribution in [2.75, 3.05) is 11.5 Å². The van der Waals surface area contributed by atoms with Crippen LogP contribution in [-0.4, -0.2) is 17.3 Å². The Kier molecular flexibility index (Phi) is 1.60. The van der Waals surface area contributed by atoms with Crippen molar-refractivity contribution in [1.82, 2.24) is 0 Å². The largest absolute Gasteiger partial charge is 0.299 e. The number of fused-ring (bicyclic) bond motifs is 2. The maximum atomic E-state index is 12.5. The molecule has 1 aliphatic heterocycles. The number of carbonyl (C=O) groups is 1. The summed E-state index contributed by atoms with van der Waals surface area (Å²) in [6.07, 6.45) is 2.78. The summed E-state index contributed by atoms with van der Waals surface area (Å²) in [6, 6.07) is 0. The zero-order valence-electron chi connectivity index (χ0n) is 10.2. The summed E-state index contributed by atoms with van der Waals surface area (Å²) in [7, 11) is 0. The highest BCUT2D eigenvalue weighted by atomic mass is 32.2. The maximum Gasteiger partial charge on any atom is 0.140 e. The molecule has 8 atom stereocenters. The SMILES string of the molecule is O=C1C2C3C(=C4SCCCS4)C4C1[C@@H]1C[C@H]4C3C21. The van der Waals surface area contributed by atoms with E-state index in [-0.39, 0.29) is 0 Å². The Morgan fingerprint density at radius 1 is 0.889 bits per heavy atom. The van der Waals surface area contributed by atoms with Gasteiger partial charge in [0.05, 0.1) is 0 Å². The van der Waals surface area contributed by atoms with Crippen LogP contribution in [0, 0.1) is 47.3 Å². The molecule has 6 aliphatic rings. The van der Waals surface area contributed by atoms with Crippen molar-refractivity contribution in [1.29, 1.82) is 0 Å². The molecule has 5 saturated carbocycles. The van der Waals surface area contributed by atoms with Gasteiger partial charge in [-0.25, -0.2) is 0 Å². The Bertz CT molecular complexity index is 517. The molecule has 0 aromatic carbocycles. The molecule has 6 unspecified atom stereocenters. The Morgan fingerprint density at radius 2 is 1.61 bits per heavy atom. The molecule has 1 heterocycles. The first-order valence-corrected chi connectivity index (χ1v) is 9.38. The zero-order valence-corrected chi connectivity index (χ0v) is 11.8. The molecule has 6 rings (SSSR count). The molecule has 18 heavy (non-hydrogen) atoms. The average molecular weight is 276 g/mol. The lowest BCUT2D eigenvalue weighted by molar-refractivity contribution is -0.130. The Hall–Kier alpha value is 0.110. The number of carbonyl (C=O) groups excluding carboxylic acids is 1. The van der Waals surface area contributed by atoms with E-state index in [1.165, 1.54) is 24.3 Å². The predicted molar refractivity (Wildman–Crippen MR) is 74.1 cm³/mol. The van der Waals surface area contributed by atoms with E-state index in [1.54, 1.807) is 4.24 Å². The smallest absolute Gasteiger partial charge is 0.140 e. The van der Waals surface area contributed by atoms with Gasteiger partial charge in [0.1, 0.15) is 5.78 Å². The predicted octanol–water partition coefficient (Wildman–Crippen LogP) is 3.02. The monoisotopic (exact) mass is 276 g/mol. The van der Waals surface area contributed by atoms with E-state index in [0.717, 1.165) is 35.5 Å². The summed E-state index contributed by atoms with van der Waals surface area (Å²) >= 11 is 4.23. The van der Waals surface area contributed by atoms with E-state index < -0.39 is 0 Å². The molecule has 0 aromatic heterocycles. The lowest BCUT2D eigenvalue weighted by atomic mass is 9.59. The quantitative estimate of drug-likeness (QED) is 0.677. The van der Waals surface area contributed by atoms with Crippen LogP contribution in [0.1, 0.15) is 12.8 Å². The molecule has 1 nitrogen and oxygen atoms in total. The summed E-state index contributed by atoms with van der Waals surface area (Å²) in [5.41, 5.74) is 1.81. The molecule has 0 radical (unpaired) electrons. The lowest BCUT2D eigenvalue weighted by Gasteiger charge is -2.45. The van der Waals surface area contributed by atoms with Crippen LogP contribution >= 0.6 is 23.5 Å². The second-order valence-electron chi connectivity index (χ2n) is 7.02. The first kappa shape index (κ1) is 9.93. The van der Waals surface area contributed by atoms with Gasteiger partial charge in [0, 0.05) is 16.1 Å². The molecule has 0 amide bonds. The standard InChI is InChI=1S/C15H16OS2/c16-14-10-6-4-5-7-8(6)12(14)11(7)13(9(5)10)15-17-2-1-3-18-15/h5-12H,1-4H2/t5-,6+,7?,8?,9?,10?,11?,12?/m0/s1. The summed E-state index contributed by atoms with van der Waals surface area (Å²) in [4.78, 5) is 12.5. The number of allylic oxidation sites excluding steroid dienone is 1. The van der Waals surface area contributed by atoms with Gasteiger partial charge in [-0.15, -0.1) is 23.5 Å². The van der Waals surface area contributed by atoms with Gasteiger partial charge in [0.25, 0.3) is 0 Å². The number of hydrogen-bond acceptors (Lipinski definition) is 3. The van der Waals surface area contributed by atoms with Crippen molar-refractivity contribution < 1.29 is 4.79 Å². The van der Waals surface area contributed by atoms with Crippen LogP contribution in [0.2, 0.25) is 0 Å². The minimum Gasteiger partial charge on any atom is -0.299 e. The van der Waals surface area contributed by atoms with Crippen molar-refractivity contribution in [3.8, 4) is 0 Å². The van der Waals surface area contributed by atoms with E-state index in [9.17, 15) is 4.79 Å². The topological polar surface area (TPSA) is 17.1 Å². The highest BCUT2D eigenvalue weighted by Gasteiger charge is 2.82. The minimum atomic E-state index is 0.491. The van der Waals surface area contributed by atoms with Gasteiger partial charge in [-0.2, -0.15) is 0 Å². The number of hydrogen-bond donors (Lipinski definition) is 0. The van der Waals surface area contributed by atoms with Crippen LogP contribution in [0.5, 0.6) is 0 Å². The van der Waals surface area contributed by atoms with Gasteiger partial charge in [-0.05, 0) is 65.4 Å². The maximum absolute atomic E-state index is 12.5. The second-order valence-corrected chi connectivity index (χ2v) is 9.49. The van der Waals surface area contributed by atoms with E-state index in [1.807, 2.05) is 5.57 Å².